The zero-order valence-electron chi connectivity index (χ0n) is 13.7. The molecule has 0 aliphatic carbocycles. The zero-order chi connectivity index (χ0) is 19.4. The average molecular weight is 390 g/mol. The highest BCUT2D eigenvalue weighted by Gasteiger charge is 2.22. The van der Waals surface area contributed by atoms with Crippen LogP contribution in [0.1, 0.15) is 15.9 Å². The molecule has 2 aromatic carbocycles. The van der Waals surface area contributed by atoms with Gasteiger partial charge in [0.2, 0.25) is 0 Å². The van der Waals surface area contributed by atoms with Crippen LogP contribution in [0.25, 0.3) is 5.69 Å². The van der Waals surface area contributed by atoms with E-state index in [9.17, 15) is 19.1 Å². The maximum absolute atomic E-state index is 13.6. The van der Waals surface area contributed by atoms with E-state index in [1.165, 1.54) is 6.07 Å². The van der Waals surface area contributed by atoms with E-state index in [-0.39, 0.29) is 28.7 Å². The number of hydrogen-bond acceptors (Lipinski definition) is 4. The second kappa shape index (κ2) is 7.88. The van der Waals surface area contributed by atoms with Crippen LogP contribution < -0.4 is 5.32 Å². The molecule has 1 heterocycles. The van der Waals surface area contributed by atoms with Gasteiger partial charge in [0.15, 0.2) is 5.82 Å². The minimum Gasteiger partial charge on any atom is -0.477 e. The molecule has 0 aliphatic rings. The SMILES string of the molecule is O=C(Nc1c(C(=O)O)cnn1-c1cc(F)ccc1Cl)OCc1ccccc1. The number of rotatable bonds is 5. The number of carboxylic acids is 1. The number of aromatic carboxylic acids is 1. The first-order chi connectivity index (χ1) is 13.0. The van der Waals surface area contributed by atoms with Crippen LogP contribution in [0.2, 0.25) is 5.02 Å². The Bertz CT molecular complexity index is 992. The number of carbonyl (C=O) groups excluding carboxylic acids is 1. The van der Waals surface area contributed by atoms with Crippen LogP contribution in [-0.4, -0.2) is 26.9 Å². The Labute approximate surface area is 157 Å². The second-order valence-electron chi connectivity index (χ2n) is 5.41. The van der Waals surface area contributed by atoms with Gasteiger partial charge in [0.05, 0.1) is 16.9 Å². The summed E-state index contributed by atoms with van der Waals surface area (Å²) in [5, 5.41) is 15.7. The van der Waals surface area contributed by atoms with Crippen molar-refractivity contribution in [2.45, 2.75) is 6.61 Å². The van der Waals surface area contributed by atoms with E-state index in [0.29, 0.717) is 0 Å². The molecule has 0 radical (unpaired) electrons. The molecule has 0 aliphatic heterocycles. The van der Waals surface area contributed by atoms with Crippen molar-refractivity contribution in [2.75, 3.05) is 5.32 Å². The van der Waals surface area contributed by atoms with Crippen molar-refractivity contribution < 1.29 is 23.8 Å². The predicted octanol–water partition coefficient (Wildman–Crippen LogP) is 4.11. The Morgan fingerprint density at radius 3 is 2.67 bits per heavy atom. The second-order valence-corrected chi connectivity index (χ2v) is 5.81. The van der Waals surface area contributed by atoms with Crippen molar-refractivity contribution in [2.24, 2.45) is 0 Å². The summed E-state index contributed by atoms with van der Waals surface area (Å²) in [6.45, 7) is -0.00998. The van der Waals surface area contributed by atoms with Gasteiger partial charge in [-0.25, -0.2) is 18.7 Å². The molecule has 0 saturated carbocycles. The molecule has 9 heteroatoms. The molecule has 27 heavy (non-hydrogen) atoms. The Kier molecular flexibility index (Phi) is 5.37. The molecule has 2 N–H and O–H groups in total. The lowest BCUT2D eigenvalue weighted by atomic mass is 10.2. The molecule has 1 amide bonds. The minimum absolute atomic E-state index is 0.00998. The highest BCUT2D eigenvalue weighted by Crippen LogP contribution is 2.27. The summed E-state index contributed by atoms with van der Waals surface area (Å²) in [4.78, 5) is 23.5. The van der Waals surface area contributed by atoms with E-state index in [1.807, 2.05) is 6.07 Å². The van der Waals surface area contributed by atoms with Gasteiger partial charge in [-0.05, 0) is 17.7 Å². The summed E-state index contributed by atoms with van der Waals surface area (Å²) in [5.41, 5.74) is 0.530. The quantitative estimate of drug-likeness (QED) is 0.684. The lowest BCUT2D eigenvalue weighted by Crippen LogP contribution is -2.18. The predicted molar refractivity (Wildman–Crippen MR) is 95.7 cm³/mol. The third-order valence-corrected chi connectivity index (χ3v) is 3.89. The van der Waals surface area contributed by atoms with E-state index in [0.717, 1.165) is 28.6 Å². The number of amides is 1. The number of carbonyl (C=O) groups is 2. The van der Waals surface area contributed by atoms with Gasteiger partial charge in [-0.3, -0.25) is 5.32 Å². The molecule has 3 aromatic rings. The first-order valence-electron chi connectivity index (χ1n) is 7.70. The summed E-state index contributed by atoms with van der Waals surface area (Å²) in [6, 6.07) is 12.5. The lowest BCUT2D eigenvalue weighted by molar-refractivity contribution is 0.0698. The molecule has 3 rings (SSSR count). The van der Waals surface area contributed by atoms with Gasteiger partial charge >= 0.3 is 12.1 Å². The van der Waals surface area contributed by atoms with Gasteiger partial charge in [-0.1, -0.05) is 41.9 Å². The van der Waals surface area contributed by atoms with Crippen molar-refractivity contribution in [1.82, 2.24) is 9.78 Å². The topological polar surface area (TPSA) is 93.5 Å². The van der Waals surface area contributed by atoms with Crippen molar-refractivity contribution >= 4 is 29.5 Å². The first-order valence-corrected chi connectivity index (χ1v) is 8.08. The minimum atomic E-state index is -1.33. The maximum Gasteiger partial charge on any atom is 0.413 e. The fraction of sp³-hybridized carbons (Fsp3) is 0.0556. The summed E-state index contributed by atoms with van der Waals surface area (Å²) in [6.07, 6.45) is 0.131. The third-order valence-electron chi connectivity index (χ3n) is 3.57. The molecular weight excluding hydrogens is 377 g/mol. The van der Waals surface area contributed by atoms with Crippen molar-refractivity contribution in [3.63, 3.8) is 0 Å². The van der Waals surface area contributed by atoms with Gasteiger partial charge in [0.1, 0.15) is 18.0 Å². The van der Waals surface area contributed by atoms with E-state index in [4.69, 9.17) is 16.3 Å². The first kappa shape index (κ1) is 18.4. The van der Waals surface area contributed by atoms with E-state index in [1.54, 1.807) is 24.3 Å². The average Bonchev–Trinajstić information content (AvgIpc) is 3.06. The number of ether oxygens (including phenoxy) is 1. The number of aromatic nitrogens is 2. The highest BCUT2D eigenvalue weighted by molar-refractivity contribution is 6.32. The van der Waals surface area contributed by atoms with Crippen LogP contribution in [0.5, 0.6) is 0 Å². The molecule has 138 valence electrons. The standard InChI is InChI=1S/C18H13ClFN3O4/c19-14-7-6-12(20)8-15(14)23-16(13(9-21-23)17(24)25)22-18(26)27-10-11-4-2-1-3-5-11/h1-9H,10H2,(H,22,26)(H,24,25). The number of benzene rings is 2. The molecule has 0 fully saturated rings. The molecule has 0 bridgehead atoms. The smallest absolute Gasteiger partial charge is 0.413 e. The van der Waals surface area contributed by atoms with Gasteiger partial charge in [0.25, 0.3) is 0 Å². The highest BCUT2D eigenvalue weighted by atomic mass is 35.5. The maximum atomic E-state index is 13.6. The van der Waals surface area contributed by atoms with Crippen molar-refractivity contribution in [3.05, 3.63) is 76.7 Å². The normalized spacial score (nSPS) is 10.4. The largest absolute Gasteiger partial charge is 0.477 e. The van der Waals surface area contributed by atoms with Crippen LogP contribution in [0.15, 0.2) is 54.7 Å². The molecular formula is C18H13ClFN3O4. The van der Waals surface area contributed by atoms with Crippen LogP contribution in [0.3, 0.4) is 0 Å². The van der Waals surface area contributed by atoms with Gasteiger partial charge < -0.3 is 9.84 Å². The monoisotopic (exact) mass is 389 g/mol. The van der Waals surface area contributed by atoms with Crippen LogP contribution >= 0.6 is 11.6 Å². The number of nitrogens with one attached hydrogen (secondary N) is 1. The summed E-state index contributed by atoms with van der Waals surface area (Å²) in [5.74, 6) is -2.13. The van der Waals surface area contributed by atoms with Crippen LogP contribution in [-0.2, 0) is 11.3 Å². The summed E-state index contributed by atoms with van der Waals surface area (Å²) < 4.78 is 19.7. The fourth-order valence-corrected chi connectivity index (χ4v) is 2.51. The molecule has 0 spiro atoms. The molecule has 7 nitrogen and oxygen atoms in total. The van der Waals surface area contributed by atoms with Crippen LogP contribution in [0.4, 0.5) is 15.0 Å². The number of carboxylic acid groups (broad SMARTS) is 1. The van der Waals surface area contributed by atoms with E-state index < -0.39 is 17.9 Å². The number of halogens is 2. The van der Waals surface area contributed by atoms with E-state index >= 15 is 0 Å². The Hall–Kier alpha value is -3.39. The summed E-state index contributed by atoms with van der Waals surface area (Å²) >= 11 is 6.05. The van der Waals surface area contributed by atoms with Crippen molar-refractivity contribution in [1.29, 1.82) is 0 Å². The zero-order valence-corrected chi connectivity index (χ0v) is 14.5. The fourth-order valence-electron chi connectivity index (χ4n) is 2.31. The van der Waals surface area contributed by atoms with Crippen molar-refractivity contribution in [3.8, 4) is 5.69 Å². The Balaban J connectivity index is 1.87. The number of anilines is 1. The van der Waals surface area contributed by atoms with Gasteiger partial charge in [0, 0.05) is 6.07 Å². The third kappa shape index (κ3) is 4.24. The number of hydrogen-bond donors (Lipinski definition) is 2. The molecule has 0 atom stereocenters. The lowest BCUT2D eigenvalue weighted by Gasteiger charge is -2.12. The van der Waals surface area contributed by atoms with Gasteiger partial charge in [-0.2, -0.15) is 5.10 Å². The van der Waals surface area contributed by atoms with Crippen LogP contribution in [0, 0.1) is 5.82 Å². The number of nitrogens with zero attached hydrogens (tertiary/aromatic N) is 2. The van der Waals surface area contributed by atoms with E-state index in [2.05, 4.69) is 10.4 Å². The molecule has 0 unspecified atom stereocenters. The summed E-state index contributed by atoms with van der Waals surface area (Å²) in [7, 11) is 0. The van der Waals surface area contributed by atoms with Gasteiger partial charge in [-0.15, -0.1) is 0 Å². The molecule has 1 aromatic heterocycles. The molecule has 0 saturated heterocycles. The Morgan fingerprint density at radius 2 is 1.96 bits per heavy atom. The Morgan fingerprint density at radius 1 is 1.22 bits per heavy atom.